The second-order valence-electron chi connectivity index (χ2n) is 5.19. The molecule has 0 heterocycles. The highest BCUT2D eigenvalue weighted by atomic mass is 19.4. The van der Waals surface area contributed by atoms with E-state index in [9.17, 15) is 18.0 Å². The predicted molar refractivity (Wildman–Crippen MR) is 76.8 cm³/mol. The lowest BCUT2D eigenvalue weighted by Gasteiger charge is -2.06. The van der Waals surface area contributed by atoms with E-state index in [-0.39, 0.29) is 12.0 Å². The fourth-order valence-electron chi connectivity index (χ4n) is 1.99. The molecule has 0 aliphatic carbocycles. The molecule has 124 valence electrons. The highest BCUT2D eigenvalue weighted by Crippen LogP contribution is 2.23. The summed E-state index contributed by atoms with van der Waals surface area (Å²) in [4.78, 5) is 10.7. The minimum absolute atomic E-state index is 0.195. The molecular weight excluding hydrogens is 297 g/mol. The monoisotopic (exact) mass is 318 g/mol. The number of halogens is 3. The van der Waals surface area contributed by atoms with Gasteiger partial charge in [-0.05, 0) is 30.5 Å². The molecule has 22 heavy (non-hydrogen) atoms. The SMILES string of the molecule is O=C(O)c1ccc(COCCCCCCCC(F)(F)F)cc1. The minimum Gasteiger partial charge on any atom is -0.478 e. The van der Waals surface area contributed by atoms with Crippen molar-refractivity contribution in [3.05, 3.63) is 35.4 Å². The van der Waals surface area contributed by atoms with E-state index in [1.807, 2.05) is 0 Å². The van der Waals surface area contributed by atoms with Crippen LogP contribution in [-0.2, 0) is 11.3 Å². The molecule has 1 aromatic rings. The number of aromatic carboxylic acids is 1. The summed E-state index contributed by atoms with van der Waals surface area (Å²) >= 11 is 0. The van der Waals surface area contributed by atoms with Gasteiger partial charge in [-0.25, -0.2) is 4.79 Å². The fourth-order valence-corrected chi connectivity index (χ4v) is 1.99. The maximum absolute atomic E-state index is 11.9. The third-order valence-corrected chi connectivity index (χ3v) is 3.22. The van der Waals surface area contributed by atoms with Gasteiger partial charge < -0.3 is 9.84 Å². The summed E-state index contributed by atoms with van der Waals surface area (Å²) in [6.07, 6.45) is -1.49. The Kier molecular flexibility index (Phi) is 7.95. The Balaban J connectivity index is 2.00. The molecule has 0 atom stereocenters. The summed E-state index contributed by atoms with van der Waals surface area (Å²) in [5, 5.41) is 8.76. The third-order valence-electron chi connectivity index (χ3n) is 3.22. The summed E-state index contributed by atoms with van der Waals surface area (Å²) in [7, 11) is 0. The Morgan fingerprint density at radius 2 is 1.59 bits per heavy atom. The number of alkyl halides is 3. The van der Waals surface area contributed by atoms with Gasteiger partial charge in [-0.3, -0.25) is 0 Å². The number of benzene rings is 1. The van der Waals surface area contributed by atoms with E-state index < -0.39 is 18.6 Å². The minimum atomic E-state index is -4.04. The molecule has 6 heteroatoms. The number of hydrogen-bond acceptors (Lipinski definition) is 2. The number of carboxylic acid groups (broad SMARTS) is 1. The zero-order valence-corrected chi connectivity index (χ0v) is 12.4. The molecule has 0 saturated heterocycles. The zero-order valence-electron chi connectivity index (χ0n) is 12.4. The van der Waals surface area contributed by atoms with Gasteiger partial charge in [0.1, 0.15) is 0 Å². The lowest BCUT2D eigenvalue weighted by atomic mass is 10.1. The van der Waals surface area contributed by atoms with Gasteiger partial charge in [-0.1, -0.05) is 31.4 Å². The molecule has 0 fully saturated rings. The Bertz CT molecular complexity index is 441. The van der Waals surface area contributed by atoms with Crippen molar-refractivity contribution < 1.29 is 27.8 Å². The molecule has 1 rings (SSSR count). The van der Waals surface area contributed by atoms with Crippen LogP contribution >= 0.6 is 0 Å². The number of carboxylic acids is 1. The average Bonchev–Trinajstić information content (AvgIpc) is 2.45. The first-order valence-electron chi connectivity index (χ1n) is 7.35. The van der Waals surface area contributed by atoms with E-state index in [0.29, 0.717) is 19.6 Å². The molecule has 0 bridgehead atoms. The van der Waals surface area contributed by atoms with Gasteiger partial charge in [0.2, 0.25) is 0 Å². The zero-order chi connectivity index (χ0) is 16.4. The highest BCUT2D eigenvalue weighted by molar-refractivity contribution is 5.87. The van der Waals surface area contributed by atoms with Crippen molar-refractivity contribution in [2.75, 3.05) is 6.61 Å². The van der Waals surface area contributed by atoms with E-state index in [1.54, 1.807) is 12.1 Å². The van der Waals surface area contributed by atoms with Crippen LogP contribution < -0.4 is 0 Å². The van der Waals surface area contributed by atoms with E-state index in [1.165, 1.54) is 12.1 Å². The summed E-state index contributed by atoms with van der Waals surface area (Å²) in [6.45, 7) is 0.966. The van der Waals surface area contributed by atoms with Crippen molar-refractivity contribution in [3.8, 4) is 0 Å². The smallest absolute Gasteiger partial charge is 0.389 e. The van der Waals surface area contributed by atoms with Crippen molar-refractivity contribution in [3.63, 3.8) is 0 Å². The van der Waals surface area contributed by atoms with Gasteiger partial charge >= 0.3 is 12.1 Å². The van der Waals surface area contributed by atoms with Crippen LogP contribution in [0.2, 0.25) is 0 Å². The Morgan fingerprint density at radius 1 is 1.00 bits per heavy atom. The fraction of sp³-hybridized carbons (Fsp3) is 0.562. The lowest BCUT2D eigenvalue weighted by molar-refractivity contribution is -0.135. The first-order valence-corrected chi connectivity index (χ1v) is 7.35. The van der Waals surface area contributed by atoms with Gasteiger partial charge in [0.05, 0.1) is 12.2 Å². The van der Waals surface area contributed by atoms with Crippen LogP contribution in [0.4, 0.5) is 13.2 Å². The van der Waals surface area contributed by atoms with E-state index in [0.717, 1.165) is 24.8 Å². The normalized spacial score (nSPS) is 11.6. The lowest BCUT2D eigenvalue weighted by Crippen LogP contribution is -2.06. The van der Waals surface area contributed by atoms with Crippen molar-refractivity contribution in [1.29, 1.82) is 0 Å². The maximum atomic E-state index is 11.9. The van der Waals surface area contributed by atoms with Crippen molar-refractivity contribution in [2.45, 2.75) is 51.3 Å². The molecule has 0 aliphatic rings. The second kappa shape index (κ2) is 9.46. The molecule has 0 aromatic heterocycles. The van der Waals surface area contributed by atoms with E-state index in [4.69, 9.17) is 9.84 Å². The summed E-state index contributed by atoms with van der Waals surface area (Å²) < 4.78 is 41.2. The molecule has 1 aromatic carbocycles. The Labute approximate surface area is 128 Å². The first-order chi connectivity index (χ1) is 10.4. The Hall–Kier alpha value is -1.56. The van der Waals surface area contributed by atoms with Crippen LogP contribution in [-0.4, -0.2) is 23.9 Å². The number of unbranched alkanes of at least 4 members (excludes halogenated alkanes) is 4. The van der Waals surface area contributed by atoms with E-state index >= 15 is 0 Å². The molecule has 0 aliphatic heterocycles. The van der Waals surface area contributed by atoms with Crippen LogP contribution in [0.1, 0.15) is 54.4 Å². The molecule has 0 unspecified atom stereocenters. The summed E-state index contributed by atoms with van der Waals surface area (Å²) in [6, 6.07) is 6.48. The number of hydrogen-bond donors (Lipinski definition) is 1. The quantitative estimate of drug-likeness (QED) is 0.630. The predicted octanol–water partition coefficient (Wildman–Crippen LogP) is 4.80. The highest BCUT2D eigenvalue weighted by Gasteiger charge is 2.25. The average molecular weight is 318 g/mol. The molecule has 0 amide bonds. The van der Waals surface area contributed by atoms with Crippen LogP contribution in [0, 0.1) is 0 Å². The van der Waals surface area contributed by atoms with Gasteiger partial charge in [0.25, 0.3) is 0 Å². The van der Waals surface area contributed by atoms with Crippen molar-refractivity contribution in [1.82, 2.24) is 0 Å². The van der Waals surface area contributed by atoms with Gasteiger partial charge in [-0.15, -0.1) is 0 Å². The number of rotatable bonds is 10. The van der Waals surface area contributed by atoms with Crippen molar-refractivity contribution >= 4 is 5.97 Å². The van der Waals surface area contributed by atoms with Crippen LogP contribution in [0.3, 0.4) is 0 Å². The van der Waals surface area contributed by atoms with E-state index in [2.05, 4.69) is 0 Å². The molecule has 0 saturated carbocycles. The maximum Gasteiger partial charge on any atom is 0.389 e. The van der Waals surface area contributed by atoms with Crippen LogP contribution in [0.5, 0.6) is 0 Å². The first kappa shape index (κ1) is 18.5. The van der Waals surface area contributed by atoms with Gasteiger partial charge in [-0.2, -0.15) is 13.2 Å². The molecule has 3 nitrogen and oxygen atoms in total. The third kappa shape index (κ3) is 8.67. The van der Waals surface area contributed by atoms with Gasteiger partial charge in [0.15, 0.2) is 0 Å². The number of ether oxygens (including phenoxy) is 1. The molecule has 0 spiro atoms. The molecular formula is C16H21F3O3. The molecule has 1 N–H and O–H groups in total. The van der Waals surface area contributed by atoms with Crippen LogP contribution in [0.25, 0.3) is 0 Å². The number of carbonyl (C=O) groups is 1. The van der Waals surface area contributed by atoms with Gasteiger partial charge in [0, 0.05) is 13.0 Å². The Morgan fingerprint density at radius 3 is 2.18 bits per heavy atom. The standard InChI is InChI=1S/C16H21F3O3/c17-16(18,19)10-4-2-1-3-5-11-22-12-13-6-8-14(9-7-13)15(20)21/h6-9H,1-5,10-12H2,(H,20,21). The summed E-state index contributed by atoms with van der Waals surface area (Å²) in [5.74, 6) is -0.960. The molecule has 0 radical (unpaired) electrons. The summed E-state index contributed by atoms with van der Waals surface area (Å²) in [5.41, 5.74) is 1.14. The van der Waals surface area contributed by atoms with Crippen molar-refractivity contribution in [2.24, 2.45) is 0 Å². The largest absolute Gasteiger partial charge is 0.478 e. The second-order valence-corrected chi connectivity index (χ2v) is 5.19. The topological polar surface area (TPSA) is 46.5 Å². The van der Waals surface area contributed by atoms with Crippen LogP contribution in [0.15, 0.2) is 24.3 Å².